The SMILES string of the molecule is CC1CC(C)C(Oc2cccc(O)c2C(=O)CCc2ccc3occc3c2)OC1CO. The van der Waals surface area contributed by atoms with E-state index in [4.69, 9.17) is 13.9 Å². The Morgan fingerprint density at radius 3 is 2.81 bits per heavy atom. The zero-order valence-electron chi connectivity index (χ0n) is 17.8. The number of aromatic hydroxyl groups is 1. The second kappa shape index (κ2) is 9.12. The first-order valence-electron chi connectivity index (χ1n) is 10.7. The lowest BCUT2D eigenvalue weighted by molar-refractivity contribution is -0.201. The highest BCUT2D eigenvalue weighted by Gasteiger charge is 2.35. The average Bonchev–Trinajstić information content (AvgIpc) is 3.22. The van der Waals surface area contributed by atoms with Crippen LogP contribution >= 0.6 is 0 Å². The van der Waals surface area contributed by atoms with Gasteiger partial charge in [-0.1, -0.05) is 26.0 Å². The summed E-state index contributed by atoms with van der Waals surface area (Å²) in [5.74, 6) is 0.306. The summed E-state index contributed by atoms with van der Waals surface area (Å²) < 4.78 is 17.3. The number of carbonyl (C=O) groups excluding carboxylic acids is 1. The van der Waals surface area contributed by atoms with Gasteiger partial charge in [-0.2, -0.15) is 0 Å². The van der Waals surface area contributed by atoms with Crippen LogP contribution in [0.4, 0.5) is 0 Å². The van der Waals surface area contributed by atoms with Gasteiger partial charge in [0.1, 0.15) is 22.6 Å². The number of furan rings is 1. The third-order valence-electron chi connectivity index (χ3n) is 6.02. The summed E-state index contributed by atoms with van der Waals surface area (Å²) in [6.07, 6.45) is 2.35. The molecule has 0 bridgehead atoms. The number of rotatable bonds is 7. The molecule has 6 heteroatoms. The molecule has 2 heterocycles. The summed E-state index contributed by atoms with van der Waals surface area (Å²) in [5, 5.41) is 21.0. The number of ketones is 1. The van der Waals surface area contributed by atoms with E-state index in [0.717, 1.165) is 23.0 Å². The molecular weight excluding hydrogens is 396 g/mol. The molecule has 3 aromatic rings. The fraction of sp³-hybridized carbons (Fsp3) is 0.400. The fourth-order valence-corrected chi connectivity index (χ4v) is 4.23. The van der Waals surface area contributed by atoms with E-state index in [0.29, 0.717) is 12.2 Å². The van der Waals surface area contributed by atoms with E-state index in [9.17, 15) is 15.0 Å². The lowest BCUT2D eigenvalue weighted by Crippen LogP contribution is -2.44. The standard InChI is InChI=1S/C25H28O6/c1-15-12-16(2)25(31-23(15)14-26)30-22-5-3-4-19(27)24(22)20(28)8-6-17-7-9-21-18(13-17)10-11-29-21/h3-5,7,9-11,13,15-16,23,25-27H,6,8,12,14H2,1-2H3. The smallest absolute Gasteiger partial charge is 0.202 e. The molecular formula is C25H28O6. The summed E-state index contributed by atoms with van der Waals surface area (Å²) in [6, 6.07) is 12.5. The van der Waals surface area contributed by atoms with Gasteiger partial charge in [0, 0.05) is 17.7 Å². The first-order chi connectivity index (χ1) is 15.0. The number of aryl methyl sites for hydroxylation is 1. The number of carbonyl (C=O) groups is 1. The van der Waals surface area contributed by atoms with Crippen LogP contribution in [-0.4, -0.2) is 35.0 Å². The molecule has 1 aliphatic rings. The van der Waals surface area contributed by atoms with Crippen molar-refractivity contribution >= 4 is 16.8 Å². The minimum atomic E-state index is -0.592. The molecule has 2 aromatic carbocycles. The fourth-order valence-electron chi connectivity index (χ4n) is 4.23. The van der Waals surface area contributed by atoms with Crippen LogP contribution in [0, 0.1) is 11.8 Å². The van der Waals surface area contributed by atoms with Gasteiger partial charge in [-0.05, 0) is 54.7 Å². The van der Waals surface area contributed by atoms with Crippen LogP contribution in [0.2, 0.25) is 0 Å². The molecule has 4 rings (SSSR count). The first-order valence-corrected chi connectivity index (χ1v) is 10.7. The van der Waals surface area contributed by atoms with Crippen molar-refractivity contribution in [1.29, 1.82) is 0 Å². The van der Waals surface area contributed by atoms with Gasteiger partial charge >= 0.3 is 0 Å². The van der Waals surface area contributed by atoms with Gasteiger partial charge in [-0.25, -0.2) is 0 Å². The van der Waals surface area contributed by atoms with Gasteiger partial charge in [0.15, 0.2) is 5.78 Å². The number of phenols is 1. The summed E-state index contributed by atoms with van der Waals surface area (Å²) in [7, 11) is 0. The first kappa shape index (κ1) is 21.4. The largest absolute Gasteiger partial charge is 0.507 e. The molecule has 4 atom stereocenters. The molecule has 164 valence electrons. The van der Waals surface area contributed by atoms with Gasteiger partial charge in [0.25, 0.3) is 0 Å². The average molecular weight is 424 g/mol. The number of phenolic OH excluding ortho intramolecular Hbond substituents is 1. The Hall–Kier alpha value is -2.83. The van der Waals surface area contributed by atoms with E-state index in [2.05, 4.69) is 0 Å². The second-order valence-electron chi connectivity index (χ2n) is 8.40. The molecule has 6 nitrogen and oxygen atoms in total. The molecule has 2 N–H and O–H groups in total. The molecule has 31 heavy (non-hydrogen) atoms. The normalized spacial score (nSPS) is 23.7. The molecule has 0 aliphatic carbocycles. The van der Waals surface area contributed by atoms with E-state index in [1.807, 2.05) is 38.1 Å². The van der Waals surface area contributed by atoms with E-state index < -0.39 is 6.29 Å². The number of fused-ring (bicyclic) bond motifs is 1. The Kier molecular flexibility index (Phi) is 6.30. The number of hydrogen-bond donors (Lipinski definition) is 2. The topological polar surface area (TPSA) is 89.1 Å². The van der Waals surface area contributed by atoms with Crippen LogP contribution in [0.1, 0.15) is 42.6 Å². The van der Waals surface area contributed by atoms with E-state index in [1.165, 1.54) is 6.07 Å². The number of hydrogen-bond acceptors (Lipinski definition) is 6. The Balaban J connectivity index is 1.49. The zero-order chi connectivity index (χ0) is 22.0. The second-order valence-corrected chi connectivity index (χ2v) is 8.40. The maximum absolute atomic E-state index is 13.0. The van der Waals surface area contributed by atoms with Crippen molar-refractivity contribution in [2.24, 2.45) is 11.8 Å². The van der Waals surface area contributed by atoms with Crippen LogP contribution in [0.3, 0.4) is 0 Å². The van der Waals surface area contributed by atoms with Crippen molar-refractivity contribution in [2.45, 2.75) is 45.5 Å². The predicted octanol–water partition coefficient (Wildman–Crippen LogP) is 4.71. The Labute approximate surface area is 181 Å². The van der Waals surface area contributed by atoms with Gasteiger partial charge in [0.05, 0.1) is 19.0 Å². The van der Waals surface area contributed by atoms with E-state index in [-0.39, 0.29) is 48.1 Å². The van der Waals surface area contributed by atoms with Crippen LogP contribution in [-0.2, 0) is 11.2 Å². The summed E-state index contributed by atoms with van der Waals surface area (Å²) in [4.78, 5) is 13.0. The lowest BCUT2D eigenvalue weighted by Gasteiger charge is -2.38. The number of Topliss-reactive ketones (excluding diaryl/α,β-unsaturated/α-hetero) is 1. The van der Waals surface area contributed by atoms with Crippen molar-refractivity contribution in [3.63, 3.8) is 0 Å². The maximum atomic E-state index is 13.0. The molecule has 4 unspecified atom stereocenters. The molecule has 1 fully saturated rings. The number of ether oxygens (including phenoxy) is 2. The minimum Gasteiger partial charge on any atom is -0.507 e. The van der Waals surface area contributed by atoms with Crippen LogP contribution in [0.25, 0.3) is 11.0 Å². The quantitative estimate of drug-likeness (QED) is 0.534. The van der Waals surface area contributed by atoms with Crippen LogP contribution in [0.15, 0.2) is 53.1 Å². The number of aliphatic hydroxyl groups is 1. The monoisotopic (exact) mass is 424 g/mol. The van der Waals surface area contributed by atoms with Gasteiger partial charge < -0.3 is 24.1 Å². The third kappa shape index (κ3) is 4.60. The summed E-state index contributed by atoms with van der Waals surface area (Å²) >= 11 is 0. The molecule has 1 aromatic heterocycles. The molecule has 0 radical (unpaired) electrons. The molecule has 1 aliphatic heterocycles. The summed E-state index contributed by atoms with van der Waals surface area (Å²) in [5.41, 5.74) is 1.99. The van der Waals surface area contributed by atoms with Crippen molar-refractivity contribution in [1.82, 2.24) is 0 Å². The Bertz CT molecular complexity index is 1060. The summed E-state index contributed by atoms with van der Waals surface area (Å²) in [6.45, 7) is 3.98. The Morgan fingerprint density at radius 1 is 1.16 bits per heavy atom. The lowest BCUT2D eigenvalue weighted by atomic mass is 9.89. The molecule has 0 spiro atoms. The van der Waals surface area contributed by atoms with E-state index >= 15 is 0 Å². The van der Waals surface area contributed by atoms with Gasteiger partial charge in [-0.3, -0.25) is 4.79 Å². The maximum Gasteiger partial charge on any atom is 0.202 e. The highest BCUT2D eigenvalue weighted by atomic mass is 16.7. The highest BCUT2D eigenvalue weighted by molar-refractivity contribution is 6.01. The van der Waals surface area contributed by atoms with Gasteiger partial charge in [0.2, 0.25) is 6.29 Å². The molecule has 0 saturated carbocycles. The minimum absolute atomic E-state index is 0.0828. The highest BCUT2D eigenvalue weighted by Crippen LogP contribution is 2.35. The van der Waals surface area contributed by atoms with Crippen molar-refractivity contribution < 1.29 is 28.9 Å². The Morgan fingerprint density at radius 2 is 2.00 bits per heavy atom. The number of aliphatic hydroxyl groups excluding tert-OH is 1. The van der Waals surface area contributed by atoms with Gasteiger partial charge in [-0.15, -0.1) is 0 Å². The van der Waals surface area contributed by atoms with Crippen LogP contribution < -0.4 is 4.74 Å². The number of benzene rings is 2. The molecule has 1 saturated heterocycles. The zero-order valence-corrected chi connectivity index (χ0v) is 17.8. The predicted molar refractivity (Wildman–Crippen MR) is 116 cm³/mol. The van der Waals surface area contributed by atoms with Crippen LogP contribution in [0.5, 0.6) is 11.5 Å². The van der Waals surface area contributed by atoms with Crippen molar-refractivity contribution in [3.05, 3.63) is 59.9 Å². The third-order valence-corrected chi connectivity index (χ3v) is 6.02. The van der Waals surface area contributed by atoms with Crippen molar-refractivity contribution in [2.75, 3.05) is 6.61 Å². The molecule has 0 amide bonds. The van der Waals surface area contributed by atoms with Crippen molar-refractivity contribution in [3.8, 4) is 11.5 Å². The van der Waals surface area contributed by atoms with E-state index in [1.54, 1.807) is 18.4 Å².